The van der Waals surface area contributed by atoms with E-state index in [1.807, 2.05) is 33.8 Å². The Morgan fingerprint density at radius 2 is 2.05 bits per heavy atom. The van der Waals surface area contributed by atoms with Crippen molar-refractivity contribution in [3.63, 3.8) is 0 Å². The number of ether oxygens (including phenoxy) is 1. The summed E-state index contributed by atoms with van der Waals surface area (Å²) in [5.41, 5.74) is 0.468. The van der Waals surface area contributed by atoms with Crippen molar-refractivity contribution in [3.05, 3.63) is 23.8 Å². The molecule has 3 N–H and O–H groups in total. The van der Waals surface area contributed by atoms with Crippen LogP contribution in [0.4, 0.5) is 0 Å². The Morgan fingerprint density at radius 3 is 2.65 bits per heavy atom. The van der Waals surface area contributed by atoms with Crippen LogP contribution in [0.15, 0.2) is 18.2 Å². The van der Waals surface area contributed by atoms with Gasteiger partial charge in [-0.3, -0.25) is 4.79 Å². The molecule has 20 heavy (non-hydrogen) atoms. The number of carbonyl (C=O) groups excluding carboxylic acids is 1. The molecule has 0 spiro atoms. The van der Waals surface area contributed by atoms with E-state index in [0.717, 1.165) is 0 Å². The molecule has 1 amide bonds. The summed E-state index contributed by atoms with van der Waals surface area (Å²) in [6, 6.07) is 5.33. The summed E-state index contributed by atoms with van der Waals surface area (Å²) in [5, 5.41) is 15.9. The second kappa shape index (κ2) is 7.14. The van der Waals surface area contributed by atoms with Crippen LogP contribution in [-0.2, 0) is 11.3 Å². The van der Waals surface area contributed by atoms with Crippen molar-refractivity contribution in [2.75, 3.05) is 13.2 Å². The Hall–Kier alpha value is -1.75. The van der Waals surface area contributed by atoms with Crippen molar-refractivity contribution in [2.45, 2.75) is 39.8 Å². The lowest BCUT2D eigenvalue weighted by Gasteiger charge is -2.20. The Labute approximate surface area is 120 Å². The van der Waals surface area contributed by atoms with Gasteiger partial charge in [-0.05, 0) is 33.8 Å². The fourth-order valence-corrected chi connectivity index (χ4v) is 1.76. The van der Waals surface area contributed by atoms with E-state index in [4.69, 9.17) is 4.74 Å². The molecule has 0 bridgehead atoms. The molecule has 0 radical (unpaired) electrons. The SMILES string of the molecule is CCOc1cccc(CNCC(=O)NC(C)(C)C)c1O. The predicted octanol–water partition coefficient (Wildman–Crippen LogP) is 1.80. The number of carbonyl (C=O) groups is 1. The lowest BCUT2D eigenvalue weighted by atomic mass is 10.1. The first-order valence-corrected chi connectivity index (χ1v) is 6.79. The number of hydrogen-bond acceptors (Lipinski definition) is 4. The van der Waals surface area contributed by atoms with Crippen LogP contribution in [0.25, 0.3) is 0 Å². The summed E-state index contributed by atoms with van der Waals surface area (Å²) in [5.74, 6) is 0.516. The van der Waals surface area contributed by atoms with Gasteiger partial charge >= 0.3 is 0 Å². The zero-order chi connectivity index (χ0) is 15.2. The topological polar surface area (TPSA) is 70.6 Å². The van der Waals surface area contributed by atoms with Crippen molar-refractivity contribution in [1.82, 2.24) is 10.6 Å². The Balaban J connectivity index is 2.50. The maximum atomic E-state index is 11.6. The van der Waals surface area contributed by atoms with Gasteiger partial charge in [0.25, 0.3) is 0 Å². The molecule has 0 aliphatic carbocycles. The van der Waals surface area contributed by atoms with Gasteiger partial charge in [-0.1, -0.05) is 12.1 Å². The third-order valence-electron chi connectivity index (χ3n) is 2.50. The van der Waals surface area contributed by atoms with Crippen molar-refractivity contribution >= 4 is 5.91 Å². The quantitative estimate of drug-likeness (QED) is 0.743. The van der Waals surface area contributed by atoms with E-state index in [0.29, 0.717) is 24.5 Å². The zero-order valence-electron chi connectivity index (χ0n) is 12.6. The van der Waals surface area contributed by atoms with Gasteiger partial charge in [-0.2, -0.15) is 0 Å². The lowest BCUT2D eigenvalue weighted by Crippen LogP contribution is -2.44. The van der Waals surface area contributed by atoms with Crippen molar-refractivity contribution in [3.8, 4) is 11.5 Å². The molecular formula is C15H24N2O3. The smallest absolute Gasteiger partial charge is 0.234 e. The van der Waals surface area contributed by atoms with E-state index in [2.05, 4.69) is 10.6 Å². The number of para-hydroxylation sites is 1. The number of hydrogen-bond donors (Lipinski definition) is 3. The molecule has 0 fully saturated rings. The first-order valence-electron chi connectivity index (χ1n) is 6.79. The fourth-order valence-electron chi connectivity index (χ4n) is 1.76. The molecule has 1 aromatic rings. The number of nitrogens with one attached hydrogen (secondary N) is 2. The normalized spacial score (nSPS) is 11.2. The van der Waals surface area contributed by atoms with Crippen LogP contribution in [0.1, 0.15) is 33.3 Å². The monoisotopic (exact) mass is 280 g/mol. The molecule has 0 aromatic heterocycles. The van der Waals surface area contributed by atoms with Gasteiger partial charge in [0, 0.05) is 17.6 Å². The molecule has 0 saturated carbocycles. The molecule has 0 unspecified atom stereocenters. The summed E-state index contributed by atoms with van der Waals surface area (Å²) in [6.45, 7) is 8.77. The number of aromatic hydroxyl groups is 1. The number of amides is 1. The molecule has 0 aliphatic heterocycles. The standard InChI is InChI=1S/C15H24N2O3/c1-5-20-12-8-6-7-11(14(12)19)9-16-10-13(18)17-15(2,3)4/h6-8,16,19H,5,9-10H2,1-4H3,(H,17,18). The largest absolute Gasteiger partial charge is 0.504 e. The first-order chi connectivity index (χ1) is 9.33. The van der Waals surface area contributed by atoms with Gasteiger partial charge in [0.1, 0.15) is 0 Å². The molecule has 112 valence electrons. The average Bonchev–Trinajstić information content (AvgIpc) is 2.32. The maximum Gasteiger partial charge on any atom is 0.234 e. The minimum absolute atomic E-state index is 0.0713. The molecule has 0 saturated heterocycles. The molecule has 1 rings (SSSR count). The van der Waals surface area contributed by atoms with Gasteiger partial charge in [-0.25, -0.2) is 0 Å². The highest BCUT2D eigenvalue weighted by atomic mass is 16.5. The molecular weight excluding hydrogens is 256 g/mol. The van der Waals surface area contributed by atoms with Gasteiger partial charge < -0.3 is 20.5 Å². The number of rotatable bonds is 6. The lowest BCUT2D eigenvalue weighted by molar-refractivity contribution is -0.121. The number of phenolic OH excluding ortho intramolecular Hbond substituents is 1. The van der Waals surface area contributed by atoms with Crippen molar-refractivity contribution in [1.29, 1.82) is 0 Å². The Morgan fingerprint density at radius 1 is 1.35 bits per heavy atom. The second-order valence-corrected chi connectivity index (χ2v) is 5.60. The zero-order valence-corrected chi connectivity index (χ0v) is 12.6. The van der Waals surface area contributed by atoms with E-state index in [9.17, 15) is 9.90 Å². The summed E-state index contributed by atoms with van der Waals surface area (Å²) in [4.78, 5) is 11.6. The van der Waals surface area contributed by atoms with E-state index in [1.165, 1.54) is 0 Å². The van der Waals surface area contributed by atoms with Gasteiger partial charge in [0.05, 0.1) is 13.2 Å². The van der Waals surface area contributed by atoms with Gasteiger partial charge in [0.2, 0.25) is 5.91 Å². The summed E-state index contributed by atoms with van der Waals surface area (Å²) in [6.07, 6.45) is 0. The predicted molar refractivity (Wildman–Crippen MR) is 78.9 cm³/mol. The van der Waals surface area contributed by atoms with Crippen LogP contribution in [0.2, 0.25) is 0 Å². The van der Waals surface area contributed by atoms with Crippen molar-refractivity contribution < 1.29 is 14.6 Å². The Bertz CT molecular complexity index is 453. The first kappa shape index (κ1) is 16.3. The number of benzene rings is 1. The number of phenols is 1. The van der Waals surface area contributed by atoms with Gasteiger partial charge in [0.15, 0.2) is 11.5 Å². The van der Waals surface area contributed by atoms with E-state index >= 15 is 0 Å². The van der Waals surface area contributed by atoms with E-state index in [1.54, 1.807) is 12.1 Å². The van der Waals surface area contributed by atoms with Crippen LogP contribution in [0, 0.1) is 0 Å². The van der Waals surface area contributed by atoms with Crippen LogP contribution in [-0.4, -0.2) is 29.7 Å². The summed E-state index contributed by atoms with van der Waals surface area (Å²) in [7, 11) is 0. The van der Waals surface area contributed by atoms with E-state index < -0.39 is 0 Å². The van der Waals surface area contributed by atoms with Crippen LogP contribution in [0.3, 0.4) is 0 Å². The third-order valence-corrected chi connectivity index (χ3v) is 2.50. The maximum absolute atomic E-state index is 11.6. The highest BCUT2D eigenvalue weighted by molar-refractivity contribution is 5.78. The average molecular weight is 280 g/mol. The molecule has 0 aliphatic rings. The minimum atomic E-state index is -0.240. The van der Waals surface area contributed by atoms with Crippen molar-refractivity contribution in [2.24, 2.45) is 0 Å². The summed E-state index contributed by atoms with van der Waals surface area (Å²) >= 11 is 0. The molecule has 1 aromatic carbocycles. The highest BCUT2D eigenvalue weighted by Crippen LogP contribution is 2.29. The Kier molecular flexibility index (Phi) is 5.82. The van der Waals surface area contributed by atoms with Crippen LogP contribution in [0.5, 0.6) is 11.5 Å². The molecule has 0 atom stereocenters. The second-order valence-electron chi connectivity index (χ2n) is 5.60. The minimum Gasteiger partial charge on any atom is -0.504 e. The van der Waals surface area contributed by atoms with E-state index in [-0.39, 0.29) is 23.7 Å². The van der Waals surface area contributed by atoms with Crippen LogP contribution < -0.4 is 15.4 Å². The summed E-state index contributed by atoms with van der Waals surface area (Å²) < 4.78 is 5.31. The fraction of sp³-hybridized carbons (Fsp3) is 0.533. The van der Waals surface area contributed by atoms with Crippen LogP contribution >= 0.6 is 0 Å². The molecule has 0 heterocycles. The third kappa shape index (κ3) is 5.48. The molecule has 5 heteroatoms. The highest BCUT2D eigenvalue weighted by Gasteiger charge is 2.13. The molecule has 5 nitrogen and oxygen atoms in total. The van der Waals surface area contributed by atoms with Gasteiger partial charge in [-0.15, -0.1) is 0 Å².